The third-order valence-corrected chi connectivity index (χ3v) is 9.36. The van der Waals surface area contributed by atoms with Gasteiger partial charge in [-0.2, -0.15) is 0 Å². The number of nitrogens with one attached hydrogen (secondary N) is 3. The summed E-state index contributed by atoms with van der Waals surface area (Å²) < 4.78 is 33.4. The first-order valence-electron chi connectivity index (χ1n) is 14.6. The number of benzene rings is 1. The van der Waals surface area contributed by atoms with Crippen LogP contribution in [0.3, 0.4) is 0 Å². The molecule has 0 aromatic heterocycles. The lowest BCUT2D eigenvalue weighted by Crippen LogP contribution is -2.58. The number of fused-ring (bicyclic) bond motifs is 2. The lowest BCUT2D eigenvalue weighted by molar-refractivity contribution is -0.141. The average Bonchev–Trinajstić information content (AvgIpc) is 3.36. The van der Waals surface area contributed by atoms with Crippen LogP contribution in [0.25, 0.3) is 0 Å². The summed E-state index contributed by atoms with van der Waals surface area (Å²) in [6.45, 7) is 5.57. The van der Waals surface area contributed by atoms with Gasteiger partial charge in [0.15, 0.2) is 0 Å². The molecule has 4 rings (SSSR count). The van der Waals surface area contributed by atoms with E-state index in [0.29, 0.717) is 38.6 Å². The van der Waals surface area contributed by atoms with E-state index in [-0.39, 0.29) is 16.7 Å². The number of carbonyl (C=O) groups is 4. The molecule has 1 saturated carbocycles. The van der Waals surface area contributed by atoms with Crippen molar-refractivity contribution in [2.24, 2.45) is 5.92 Å². The summed E-state index contributed by atoms with van der Waals surface area (Å²) in [6.07, 6.45) is 5.98. The predicted octanol–water partition coefficient (Wildman–Crippen LogP) is 3.00. The Balaban J connectivity index is 1.54. The van der Waals surface area contributed by atoms with Crippen molar-refractivity contribution >= 4 is 33.8 Å². The van der Waals surface area contributed by atoms with Gasteiger partial charge in [0.05, 0.1) is 4.90 Å². The highest BCUT2D eigenvalue weighted by Crippen LogP contribution is 2.48. The molecule has 11 nitrogen and oxygen atoms in total. The standard InChI is InChI=1S/C29H42N4O7S/c1-28(2,3)40-27(37)30-22-16-11-6-4-5-8-13-20-19-29(20,31-24(34)23-17-12-18-33(23)25(22)35)26(36)32-41(38,39)21-14-9-7-10-15-21/h7,9-10,14-15,20,22-23H,4-6,8,11-13,16-19H2,1-3H3,(H,30,37)(H,31,34)(H,32,36)/t20-,22+,23+,29-/m1/s1. The van der Waals surface area contributed by atoms with Gasteiger partial charge in [0.1, 0.15) is 23.2 Å². The van der Waals surface area contributed by atoms with E-state index >= 15 is 0 Å². The molecule has 3 N–H and O–H groups in total. The Hall–Kier alpha value is -3.15. The maximum absolute atomic E-state index is 13.7. The molecule has 2 heterocycles. The number of nitrogens with zero attached hydrogens (tertiary/aromatic N) is 1. The Kier molecular flexibility index (Phi) is 9.30. The Labute approximate surface area is 242 Å². The van der Waals surface area contributed by atoms with Gasteiger partial charge in [0.2, 0.25) is 11.8 Å². The van der Waals surface area contributed by atoms with Gasteiger partial charge in [0, 0.05) is 6.54 Å². The topological polar surface area (TPSA) is 151 Å². The molecule has 1 aromatic rings. The molecule has 41 heavy (non-hydrogen) atoms. The van der Waals surface area contributed by atoms with Crippen molar-refractivity contribution in [2.75, 3.05) is 6.54 Å². The molecule has 3 aliphatic rings. The maximum Gasteiger partial charge on any atom is 0.408 e. The zero-order valence-corrected chi connectivity index (χ0v) is 24.9. The molecule has 1 aromatic carbocycles. The van der Waals surface area contributed by atoms with Gasteiger partial charge in [-0.05, 0) is 70.9 Å². The molecular weight excluding hydrogens is 548 g/mol. The van der Waals surface area contributed by atoms with E-state index in [2.05, 4.69) is 15.4 Å². The maximum atomic E-state index is 13.7. The van der Waals surface area contributed by atoms with Gasteiger partial charge >= 0.3 is 6.09 Å². The van der Waals surface area contributed by atoms with Gasteiger partial charge in [-0.15, -0.1) is 0 Å². The van der Waals surface area contributed by atoms with E-state index in [1.807, 2.05) is 0 Å². The molecule has 0 spiro atoms. The molecule has 226 valence electrons. The highest BCUT2D eigenvalue weighted by molar-refractivity contribution is 7.90. The van der Waals surface area contributed by atoms with Crippen LogP contribution in [-0.2, 0) is 29.1 Å². The van der Waals surface area contributed by atoms with Crippen LogP contribution in [0.1, 0.15) is 85.0 Å². The Bertz CT molecular complexity index is 1250. The second-order valence-corrected chi connectivity index (χ2v) is 14.0. The fourth-order valence-corrected chi connectivity index (χ4v) is 6.88. The number of ether oxygens (including phenoxy) is 1. The number of sulfonamides is 1. The number of rotatable bonds is 4. The molecule has 4 amide bonds. The molecule has 2 aliphatic heterocycles. The molecule has 4 atom stereocenters. The molecule has 0 radical (unpaired) electrons. The summed E-state index contributed by atoms with van der Waals surface area (Å²) in [4.78, 5) is 54.8. The van der Waals surface area contributed by atoms with Crippen LogP contribution < -0.4 is 15.4 Å². The van der Waals surface area contributed by atoms with Crippen LogP contribution >= 0.6 is 0 Å². The summed E-state index contributed by atoms with van der Waals surface area (Å²) in [5.41, 5.74) is -2.09. The minimum atomic E-state index is -4.13. The lowest BCUT2D eigenvalue weighted by Gasteiger charge is -2.30. The summed E-state index contributed by atoms with van der Waals surface area (Å²) in [5.74, 6) is -1.81. The molecule has 0 bridgehead atoms. The second-order valence-electron chi connectivity index (χ2n) is 12.3. The van der Waals surface area contributed by atoms with Crippen molar-refractivity contribution < 1.29 is 32.3 Å². The highest BCUT2D eigenvalue weighted by Gasteiger charge is 2.62. The van der Waals surface area contributed by atoms with Crippen molar-refractivity contribution in [1.82, 2.24) is 20.3 Å². The predicted molar refractivity (Wildman–Crippen MR) is 151 cm³/mol. The van der Waals surface area contributed by atoms with Crippen LogP contribution in [-0.4, -0.2) is 66.9 Å². The van der Waals surface area contributed by atoms with Crippen LogP contribution in [0, 0.1) is 5.92 Å². The number of hydrogen-bond donors (Lipinski definition) is 3. The zero-order valence-electron chi connectivity index (χ0n) is 24.1. The third-order valence-electron chi connectivity index (χ3n) is 8.01. The SMILES string of the molecule is CC(C)(C)OC(=O)N[C@H]1CCCCCCC[C@@H]2C[C@@]2(C(=O)NS(=O)(=O)c2ccccc2)NC(=O)[C@@H]2CCCN2C1=O. The zero-order chi connectivity index (χ0) is 29.8. The van der Waals surface area contributed by atoms with E-state index in [9.17, 15) is 27.6 Å². The first kappa shape index (κ1) is 30.8. The van der Waals surface area contributed by atoms with Crippen molar-refractivity contribution in [3.05, 3.63) is 30.3 Å². The summed E-state index contributed by atoms with van der Waals surface area (Å²) in [6, 6.07) is 5.95. The number of carbonyl (C=O) groups excluding carboxylic acids is 4. The monoisotopic (exact) mass is 590 g/mol. The quantitative estimate of drug-likeness (QED) is 0.488. The number of alkyl carbamates (subject to hydrolysis) is 1. The average molecular weight is 591 g/mol. The van der Waals surface area contributed by atoms with E-state index in [4.69, 9.17) is 4.74 Å². The first-order chi connectivity index (χ1) is 19.3. The molecule has 3 fully saturated rings. The highest BCUT2D eigenvalue weighted by atomic mass is 32.2. The van der Waals surface area contributed by atoms with Gasteiger partial charge in [-0.25, -0.2) is 17.9 Å². The van der Waals surface area contributed by atoms with Crippen molar-refractivity contribution in [3.63, 3.8) is 0 Å². The molecule has 12 heteroatoms. The fraction of sp³-hybridized carbons (Fsp3) is 0.655. The minimum absolute atomic E-state index is 0.0403. The third kappa shape index (κ3) is 7.58. The van der Waals surface area contributed by atoms with E-state index < -0.39 is 51.2 Å². The molecular formula is C29H42N4O7S. The normalized spacial score (nSPS) is 27.8. The molecule has 0 unspecified atom stereocenters. The van der Waals surface area contributed by atoms with Gasteiger partial charge in [-0.3, -0.25) is 14.4 Å². The van der Waals surface area contributed by atoms with Crippen molar-refractivity contribution in [2.45, 2.75) is 113 Å². The lowest BCUT2D eigenvalue weighted by atomic mass is 10.0. The van der Waals surface area contributed by atoms with Crippen LogP contribution in [0.2, 0.25) is 0 Å². The van der Waals surface area contributed by atoms with Crippen LogP contribution in [0.4, 0.5) is 4.79 Å². The fourth-order valence-electron chi connectivity index (χ4n) is 5.82. The van der Waals surface area contributed by atoms with E-state index in [1.165, 1.54) is 17.0 Å². The van der Waals surface area contributed by atoms with Gasteiger partial charge < -0.3 is 20.3 Å². The van der Waals surface area contributed by atoms with E-state index in [1.54, 1.807) is 39.0 Å². The Morgan fingerprint density at radius 1 is 0.976 bits per heavy atom. The second kappa shape index (κ2) is 12.4. The van der Waals surface area contributed by atoms with Crippen molar-refractivity contribution in [1.29, 1.82) is 0 Å². The summed E-state index contributed by atoms with van der Waals surface area (Å²) in [5, 5.41) is 5.58. The smallest absolute Gasteiger partial charge is 0.408 e. The minimum Gasteiger partial charge on any atom is -0.444 e. The Morgan fingerprint density at radius 3 is 2.32 bits per heavy atom. The molecule has 1 aliphatic carbocycles. The van der Waals surface area contributed by atoms with Gasteiger partial charge in [0.25, 0.3) is 15.9 Å². The van der Waals surface area contributed by atoms with Gasteiger partial charge in [-0.1, -0.05) is 50.3 Å². The van der Waals surface area contributed by atoms with E-state index in [0.717, 1.165) is 32.1 Å². The molecule has 2 saturated heterocycles. The van der Waals surface area contributed by atoms with Crippen LogP contribution in [0.5, 0.6) is 0 Å². The summed E-state index contributed by atoms with van der Waals surface area (Å²) in [7, 11) is -4.13. The summed E-state index contributed by atoms with van der Waals surface area (Å²) >= 11 is 0. The Morgan fingerprint density at radius 2 is 1.63 bits per heavy atom. The van der Waals surface area contributed by atoms with Crippen LogP contribution in [0.15, 0.2) is 35.2 Å². The largest absolute Gasteiger partial charge is 0.444 e. The number of hydrogen-bond acceptors (Lipinski definition) is 7. The van der Waals surface area contributed by atoms with Crippen molar-refractivity contribution in [3.8, 4) is 0 Å². The first-order valence-corrected chi connectivity index (χ1v) is 16.0. The number of amides is 4.